The highest BCUT2D eigenvalue weighted by Crippen LogP contribution is 2.18. The number of hydrogen-bond donors (Lipinski definition) is 2. The first-order valence-electron chi connectivity index (χ1n) is 5.63. The number of nitrogens with two attached hydrogens (primary N) is 1. The van der Waals surface area contributed by atoms with Gasteiger partial charge in [-0.25, -0.2) is 18.9 Å². The molecule has 0 aromatic rings. The molecule has 0 radical (unpaired) electrons. The van der Waals surface area contributed by atoms with Crippen molar-refractivity contribution in [2.45, 2.75) is 44.5 Å². The monoisotopic (exact) mass is 263 g/mol. The zero-order valence-corrected chi connectivity index (χ0v) is 11.4. The number of carbonyl (C=O) groups is 1. The summed E-state index contributed by atoms with van der Waals surface area (Å²) in [6.45, 7) is 6.34. The van der Waals surface area contributed by atoms with Gasteiger partial charge in [0.2, 0.25) is 0 Å². The first-order chi connectivity index (χ1) is 7.59. The van der Waals surface area contributed by atoms with E-state index in [1.807, 2.05) is 20.8 Å². The molecule has 0 bridgehead atoms. The van der Waals surface area contributed by atoms with Crippen LogP contribution in [0.3, 0.4) is 0 Å². The highest BCUT2D eigenvalue weighted by atomic mass is 32.2. The molecule has 7 heteroatoms. The summed E-state index contributed by atoms with van der Waals surface area (Å²) in [5.74, 6) is 0. The second-order valence-corrected chi connectivity index (χ2v) is 7.28. The number of carbonyl (C=O) groups excluding carboxylic acids is 1. The van der Waals surface area contributed by atoms with Gasteiger partial charge in [0, 0.05) is 13.1 Å². The van der Waals surface area contributed by atoms with Crippen molar-refractivity contribution in [3.8, 4) is 0 Å². The lowest BCUT2D eigenvalue weighted by Gasteiger charge is -2.33. The number of nitrogens with one attached hydrogen (secondary N) is 1. The Balaban J connectivity index is 2.50. The summed E-state index contributed by atoms with van der Waals surface area (Å²) in [7, 11) is -2.99. The van der Waals surface area contributed by atoms with Gasteiger partial charge >= 0.3 is 6.09 Å². The molecule has 1 amide bonds. The van der Waals surface area contributed by atoms with Gasteiger partial charge in [-0.1, -0.05) is 0 Å². The summed E-state index contributed by atoms with van der Waals surface area (Å²) in [5.41, 5.74) is -0.509. The summed E-state index contributed by atoms with van der Waals surface area (Å²) >= 11 is 0. The van der Waals surface area contributed by atoms with E-state index in [-0.39, 0.29) is 11.3 Å². The van der Waals surface area contributed by atoms with Gasteiger partial charge in [-0.05, 0) is 33.6 Å². The van der Waals surface area contributed by atoms with Gasteiger partial charge in [0.05, 0.1) is 5.25 Å². The Hall–Kier alpha value is -0.820. The van der Waals surface area contributed by atoms with Gasteiger partial charge in [0.15, 0.2) is 0 Å². The SMILES string of the molecule is CC(C)(C)OC(=O)N1CCC(S(=N)(N)=O)CC1. The number of amides is 1. The molecule has 1 aliphatic heterocycles. The van der Waals surface area contributed by atoms with E-state index in [2.05, 4.69) is 0 Å². The van der Waals surface area contributed by atoms with E-state index in [9.17, 15) is 9.00 Å². The quantitative estimate of drug-likeness (QED) is 0.746. The molecule has 1 fully saturated rings. The highest BCUT2D eigenvalue weighted by molar-refractivity contribution is 7.90. The molecule has 0 aromatic carbocycles. The van der Waals surface area contributed by atoms with Gasteiger partial charge < -0.3 is 9.64 Å². The van der Waals surface area contributed by atoms with Crippen molar-refractivity contribution >= 4 is 16.0 Å². The third-order valence-electron chi connectivity index (χ3n) is 2.59. The van der Waals surface area contributed by atoms with Crippen molar-refractivity contribution in [3.05, 3.63) is 0 Å². The zero-order chi connectivity index (χ0) is 13.3. The molecular weight excluding hydrogens is 242 g/mol. The van der Waals surface area contributed by atoms with Crippen LogP contribution >= 0.6 is 0 Å². The number of likely N-dealkylation sites (tertiary alicyclic amines) is 1. The Labute approximate surface area is 103 Å². The first kappa shape index (κ1) is 14.2. The summed E-state index contributed by atoms with van der Waals surface area (Å²) in [4.78, 5) is 13.3. The summed E-state index contributed by atoms with van der Waals surface area (Å²) in [5, 5.41) is 4.97. The second-order valence-electron chi connectivity index (χ2n) is 5.31. The van der Waals surface area contributed by atoms with Crippen molar-refractivity contribution < 1.29 is 13.7 Å². The second kappa shape index (κ2) is 4.81. The van der Waals surface area contributed by atoms with Crippen LogP contribution in [-0.2, 0) is 14.7 Å². The van der Waals surface area contributed by atoms with Crippen LogP contribution in [0.2, 0.25) is 0 Å². The fraction of sp³-hybridized carbons (Fsp3) is 0.900. The van der Waals surface area contributed by atoms with E-state index >= 15 is 0 Å². The smallest absolute Gasteiger partial charge is 0.410 e. The van der Waals surface area contributed by atoms with Gasteiger partial charge in [-0.3, -0.25) is 0 Å². The molecule has 0 saturated carbocycles. The number of nitrogens with zero attached hydrogens (tertiary/aromatic N) is 1. The topological polar surface area (TPSA) is 96.5 Å². The molecule has 1 aliphatic rings. The Morgan fingerprint density at radius 1 is 1.41 bits per heavy atom. The number of hydrogen-bond acceptors (Lipinski definition) is 4. The van der Waals surface area contributed by atoms with Crippen LogP contribution in [0.15, 0.2) is 0 Å². The Bertz CT molecular complexity index is 378. The molecule has 0 aromatic heterocycles. The van der Waals surface area contributed by atoms with Gasteiger partial charge in [0.1, 0.15) is 15.5 Å². The molecule has 17 heavy (non-hydrogen) atoms. The standard InChI is InChI=1S/C10H21N3O3S/c1-10(2,3)16-9(14)13-6-4-8(5-7-13)17(11,12)15/h8H,4-7H2,1-3H3,(H3,11,12,15). The van der Waals surface area contributed by atoms with Crippen LogP contribution in [0, 0.1) is 4.78 Å². The Morgan fingerprint density at radius 3 is 2.24 bits per heavy atom. The van der Waals surface area contributed by atoms with Crippen molar-refractivity contribution in [2.75, 3.05) is 13.1 Å². The molecule has 1 unspecified atom stereocenters. The molecule has 1 saturated heterocycles. The van der Waals surface area contributed by atoms with Gasteiger partial charge in [-0.15, -0.1) is 0 Å². The van der Waals surface area contributed by atoms with E-state index in [4.69, 9.17) is 14.7 Å². The number of ether oxygens (including phenoxy) is 1. The minimum absolute atomic E-state index is 0.318. The minimum Gasteiger partial charge on any atom is -0.444 e. The van der Waals surface area contributed by atoms with Crippen LogP contribution in [-0.4, -0.2) is 39.1 Å². The summed E-state index contributed by atoms with van der Waals surface area (Å²) < 4.78 is 23.9. The largest absolute Gasteiger partial charge is 0.444 e. The fourth-order valence-electron chi connectivity index (χ4n) is 1.72. The van der Waals surface area contributed by atoms with Crippen molar-refractivity contribution in [3.63, 3.8) is 0 Å². The van der Waals surface area contributed by atoms with Crippen molar-refractivity contribution in [1.82, 2.24) is 4.90 Å². The van der Waals surface area contributed by atoms with Crippen LogP contribution in [0.4, 0.5) is 4.79 Å². The molecule has 100 valence electrons. The maximum absolute atomic E-state index is 11.7. The average Bonchev–Trinajstić information content (AvgIpc) is 2.14. The third kappa shape index (κ3) is 4.51. The maximum Gasteiger partial charge on any atom is 0.410 e. The molecule has 0 spiro atoms. The van der Waals surface area contributed by atoms with Crippen LogP contribution in [0.5, 0.6) is 0 Å². The lowest BCUT2D eigenvalue weighted by Crippen LogP contribution is -2.45. The van der Waals surface area contributed by atoms with E-state index in [0.29, 0.717) is 25.9 Å². The van der Waals surface area contributed by atoms with Crippen LogP contribution in [0.25, 0.3) is 0 Å². The zero-order valence-electron chi connectivity index (χ0n) is 10.6. The predicted octanol–water partition coefficient (Wildman–Crippen LogP) is 1.31. The molecule has 1 atom stereocenters. The van der Waals surface area contributed by atoms with Crippen molar-refractivity contribution in [1.29, 1.82) is 4.78 Å². The molecule has 0 aliphatic carbocycles. The molecule has 6 nitrogen and oxygen atoms in total. The normalized spacial score (nSPS) is 22.0. The maximum atomic E-state index is 11.7. The molecular formula is C10H21N3O3S. The van der Waals surface area contributed by atoms with Crippen LogP contribution in [0.1, 0.15) is 33.6 Å². The fourth-order valence-corrected chi connectivity index (χ4v) is 2.63. The Kier molecular flexibility index (Phi) is 4.03. The summed E-state index contributed by atoms with van der Waals surface area (Å²) in [6, 6.07) is 0. The molecule has 3 N–H and O–H groups in total. The van der Waals surface area contributed by atoms with Gasteiger partial charge in [0.25, 0.3) is 0 Å². The number of rotatable bonds is 1. The molecule has 1 rings (SSSR count). The van der Waals surface area contributed by atoms with E-state index < -0.39 is 15.5 Å². The van der Waals surface area contributed by atoms with E-state index in [0.717, 1.165) is 0 Å². The van der Waals surface area contributed by atoms with E-state index in [1.165, 1.54) is 0 Å². The van der Waals surface area contributed by atoms with Gasteiger partial charge in [-0.2, -0.15) is 0 Å². The van der Waals surface area contributed by atoms with Crippen LogP contribution < -0.4 is 5.14 Å². The third-order valence-corrected chi connectivity index (χ3v) is 4.05. The Morgan fingerprint density at radius 2 is 1.88 bits per heavy atom. The summed E-state index contributed by atoms with van der Waals surface area (Å²) in [6.07, 6.45) is 0.639. The lowest BCUT2D eigenvalue weighted by atomic mass is 10.1. The average molecular weight is 263 g/mol. The lowest BCUT2D eigenvalue weighted by molar-refractivity contribution is 0.0218. The minimum atomic E-state index is -2.99. The molecule has 1 heterocycles. The highest BCUT2D eigenvalue weighted by Gasteiger charge is 2.29. The first-order valence-corrected chi connectivity index (χ1v) is 7.31. The van der Waals surface area contributed by atoms with E-state index in [1.54, 1.807) is 4.90 Å². The van der Waals surface area contributed by atoms with Crippen molar-refractivity contribution in [2.24, 2.45) is 5.14 Å². The predicted molar refractivity (Wildman–Crippen MR) is 65.9 cm³/mol. The number of piperidine rings is 1.